The van der Waals surface area contributed by atoms with E-state index in [-0.39, 0.29) is 12.4 Å². The largest absolute Gasteiger partial charge is 0.504 e. The van der Waals surface area contributed by atoms with Crippen LogP contribution in [-0.2, 0) is 0 Å². The number of rotatable bonds is 2. The summed E-state index contributed by atoms with van der Waals surface area (Å²) in [4.78, 5) is 9.29. The summed E-state index contributed by atoms with van der Waals surface area (Å²) in [6.45, 7) is 0. The lowest BCUT2D eigenvalue weighted by molar-refractivity contribution is -0.386. The van der Waals surface area contributed by atoms with Gasteiger partial charge in [-0.1, -0.05) is 0 Å². The van der Waals surface area contributed by atoms with Gasteiger partial charge < -0.3 is 15.9 Å². The highest BCUT2D eigenvalue weighted by Crippen LogP contribution is 2.40. The number of alkyl halides is 3. The first-order valence-corrected chi connectivity index (χ1v) is 4.17. The van der Waals surface area contributed by atoms with Crippen molar-refractivity contribution in [2.45, 2.75) is 12.2 Å². The molecule has 1 aromatic rings. The predicted octanol–water partition coefficient (Wildman–Crippen LogP) is 1.99. The summed E-state index contributed by atoms with van der Waals surface area (Å²) >= 11 is 0. The molecule has 1 aromatic carbocycles. The lowest BCUT2D eigenvalue weighted by Gasteiger charge is -2.16. The maximum absolute atomic E-state index is 12.3. The minimum atomic E-state index is -4.81. The molecule has 4 N–H and O–H groups in total. The van der Waals surface area contributed by atoms with Crippen molar-refractivity contribution < 1.29 is 28.3 Å². The fraction of sp³-hybridized carbons (Fsp3) is 0.250. The summed E-state index contributed by atoms with van der Waals surface area (Å²) in [6, 6.07) is -1.49. The van der Waals surface area contributed by atoms with Crippen LogP contribution in [0.5, 0.6) is 11.5 Å². The number of halogens is 4. The topological polar surface area (TPSA) is 110 Å². The van der Waals surface area contributed by atoms with Gasteiger partial charge in [0.25, 0.3) is 0 Å². The highest BCUT2D eigenvalue weighted by Gasteiger charge is 2.39. The van der Waals surface area contributed by atoms with E-state index in [1.165, 1.54) is 0 Å². The van der Waals surface area contributed by atoms with E-state index in [4.69, 9.17) is 15.9 Å². The Bertz CT molecular complexity index is 466. The molecule has 0 aliphatic heterocycles. The van der Waals surface area contributed by atoms with E-state index in [1.54, 1.807) is 0 Å². The van der Waals surface area contributed by atoms with Crippen LogP contribution in [0.1, 0.15) is 11.6 Å². The summed E-state index contributed by atoms with van der Waals surface area (Å²) in [7, 11) is 0. The zero-order valence-corrected chi connectivity index (χ0v) is 9.33. The zero-order valence-electron chi connectivity index (χ0n) is 8.51. The van der Waals surface area contributed by atoms with Gasteiger partial charge in [0.15, 0.2) is 5.75 Å². The number of phenols is 2. The van der Waals surface area contributed by atoms with E-state index in [0.717, 1.165) is 0 Å². The average molecular weight is 289 g/mol. The molecular weight excluding hydrogens is 281 g/mol. The highest BCUT2D eigenvalue weighted by atomic mass is 35.5. The van der Waals surface area contributed by atoms with Gasteiger partial charge in [-0.2, -0.15) is 13.2 Å². The Morgan fingerprint density at radius 1 is 1.33 bits per heavy atom. The van der Waals surface area contributed by atoms with Crippen LogP contribution in [0.2, 0.25) is 0 Å². The van der Waals surface area contributed by atoms with Gasteiger partial charge in [-0.15, -0.1) is 12.4 Å². The second-order valence-corrected chi connectivity index (χ2v) is 3.18. The minimum Gasteiger partial charge on any atom is -0.504 e. The molecule has 0 radical (unpaired) electrons. The number of nitrogens with two attached hydrogens (primary N) is 1. The van der Waals surface area contributed by atoms with Gasteiger partial charge in [-0.25, -0.2) is 0 Å². The number of nitro benzene ring substituents is 1. The molecule has 1 atom stereocenters. The molecule has 0 spiro atoms. The quantitative estimate of drug-likeness (QED) is 0.438. The molecule has 0 heterocycles. The van der Waals surface area contributed by atoms with Crippen LogP contribution in [-0.4, -0.2) is 21.3 Å². The van der Waals surface area contributed by atoms with Crippen molar-refractivity contribution in [1.82, 2.24) is 0 Å². The third-order valence-electron chi connectivity index (χ3n) is 2.00. The number of aromatic hydroxyl groups is 2. The SMILES string of the molecule is Cl.N[C@H](c1cc(O)c(O)c([N+](=O)[O-])c1)C(F)(F)F. The molecular formula is C8H8ClF3N2O4. The van der Waals surface area contributed by atoms with Crippen LogP contribution in [0, 0.1) is 10.1 Å². The van der Waals surface area contributed by atoms with Crippen LogP contribution >= 0.6 is 12.4 Å². The third kappa shape index (κ3) is 3.14. The third-order valence-corrected chi connectivity index (χ3v) is 2.00. The van der Waals surface area contributed by atoms with E-state index < -0.39 is 39.9 Å². The summed E-state index contributed by atoms with van der Waals surface area (Å²) in [5, 5.41) is 28.5. The van der Waals surface area contributed by atoms with Crippen molar-refractivity contribution >= 4 is 18.1 Å². The molecule has 18 heavy (non-hydrogen) atoms. The number of hydrogen-bond donors (Lipinski definition) is 3. The first-order valence-electron chi connectivity index (χ1n) is 4.17. The first kappa shape index (κ1) is 16.3. The van der Waals surface area contributed by atoms with Crippen molar-refractivity contribution in [3.8, 4) is 11.5 Å². The maximum atomic E-state index is 12.3. The molecule has 0 fully saturated rings. The van der Waals surface area contributed by atoms with Crippen molar-refractivity contribution in [3.05, 3.63) is 27.8 Å². The summed E-state index contributed by atoms with van der Waals surface area (Å²) < 4.78 is 36.8. The average Bonchev–Trinajstić information content (AvgIpc) is 2.19. The van der Waals surface area contributed by atoms with Crippen molar-refractivity contribution in [1.29, 1.82) is 0 Å². The van der Waals surface area contributed by atoms with Gasteiger partial charge in [0.2, 0.25) is 5.75 Å². The lowest BCUT2D eigenvalue weighted by atomic mass is 10.1. The molecule has 0 aliphatic carbocycles. The van der Waals surface area contributed by atoms with Crippen molar-refractivity contribution in [2.75, 3.05) is 0 Å². The molecule has 0 bridgehead atoms. The first-order chi connectivity index (χ1) is 7.64. The Morgan fingerprint density at radius 2 is 1.83 bits per heavy atom. The second kappa shape index (κ2) is 5.27. The maximum Gasteiger partial charge on any atom is 0.407 e. The molecule has 10 heteroatoms. The Balaban J connectivity index is 0.00000289. The highest BCUT2D eigenvalue weighted by molar-refractivity contribution is 5.85. The zero-order chi connectivity index (χ0) is 13.4. The molecule has 0 amide bonds. The molecule has 6 nitrogen and oxygen atoms in total. The van der Waals surface area contributed by atoms with Crippen LogP contribution in [0.25, 0.3) is 0 Å². The fourth-order valence-corrected chi connectivity index (χ4v) is 1.13. The van der Waals surface area contributed by atoms with Crippen LogP contribution in [0.4, 0.5) is 18.9 Å². The Hall–Kier alpha value is -1.74. The molecule has 0 saturated carbocycles. The van der Waals surface area contributed by atoms with Gasteiger partial charge in [-0.05, 0) is 11.6 Å². The standard InChI is InChI=1S/C8H7F3N2O4.ClH/c9-8(10,11)7(12)3-1-4(13(16)17)6(15)5(14)2-3;/h1-2,7,14-15H,12H2;1H/t7-;/m1./s1. The van der Waals surface area contributed by atoms with E-state index in [0.29, 0.717) is 12.1 Å². The van der Waals surface area contributed by atoms with E-state index in [1.807, 2.05) is 0 Å². The Kier molecular flexibility index (Phi) is 4.76. The Morgan fingerprint density at radius 3 is 2.22 bits per heavy atom. The van der Waals surface area contributed by atoms with Gasteiger partial charge in [-0.3, -0.25) is 10.1 Å². The van der Waals surface area contributed by atoms with Gasteiger partial charge in [0.1, 0.15) is 6.04 Å². The number of benzene rings is 1. The molecule has 0 aliphatic rings. The van der Waals surface area contributed by atoms with Gasteiger partial charge >= 0.3 is 11.9 Å². The van der Waals surface area contributed by atoms with Crippen LogP contribution in [0.3, 0.4) is 0 Å². The molecule has 1 rings (SSSR count). The number of nitrogens with zero attached hydrogens (tertiary/aromatic N) is 1. The minimum absolute atomic E-state index is 0. The van der Waals surface area contributed by atoms with Crippen molar-refractivity contribution in [2.24, 2.45) is 5.73 Å². The molecule has 0 unspecified atom stereocenters. The molecule has 0 aromatic heterocycles. The lowest BCUT2D eigenvalue weighted by Crippen LogP contribution is -2.28. The van der Waals surface area contributed by atoms with Crippen LogP contribution in [0.15, 0.2) is 12.1 Å². The van der Waals surface area contributed by atoms with Crippen LogP contribution < -0.4 is 5.73 Å². The van der Waals surface area contributed by atoms with E-state index >= 15 is 0 Å². The smallest absolute Gasteiger partial charge is 0.407 e. The second-order valence-electron chi connectivity index (χ2n) is 3.18. The van der Waals surface area contributed by atoms with Crippen molar-refractivity contribution in [3.63, 3.8) is 0 Å². The van der Waals surface area contributed by atoms with E-state index in [2.05, 4.69) is 0 Å². The predicted molar refractivity (Wildman–Crippen MR) is 56.7 cm³/mol. The summed E-state index contributed by atoms with van der Waals surface area (Å²) in [5.41, 5.74) is 3.07. The monoisotopic (exact) mass is 288 g/mol. The molecule has 0 saturated heterocycles. The Labute approximate surface area is 104 Å². The number of phenolic OH excluding ortho intramolecular Hbond substituents is 2. The number of hydrogen-bond acceptors (Lipinski definition) is 5. The normalized spacial score (nSPS) is 12.7. The summed E-state index contributed by atoms with van der Waals surface area (Å²) in [6.07, 6.45) is -4.81. The number of nitro groups is 1. The van der Waals surface area contributed by atoms with Gasteiger partial charge in [0, 0.05) is 6.07 Å². The molecule has 102 valence electrons. The fourth-order valence-electron chi connectivity index (χ4n) is 1.13. The summed E-state index contributed by atoms with van der Waals surface area (Å²) in [5.74, 6) is -2.14. The van der Waals surface area contributed by atoms with E-state index in [9.17, 15) is 23.3 Å². The van der Waals surface area contributed by atoms with Gasteiger partial charge in [0.05, 0.1) is 4.92 Å².